The highest BCUT2D eigenvalue weighted by Crippen LogP contribution is 2.25. The molecule has 0 aromatic heterocycles. The van der Waals surface area contributed by atoms with E-state index in [1.165, 1.54) is 4.90 Å². The Morgan fingerprint density at radius 2 is 2.06 bits per heavy atom. The average molecular weight is 257 g/mol. The zero-order chi connectivity index (χ0) is 13.9. The van der Waals surface area contributed by atoms with Crippen LogP contribution < -0.4 is 0 Å². The number of carboxylic acids is 1. The van der Waals surface area contributed by atoms with Crippen molar-refractivity contribution in [3.05, 3.63) is 35.4 Å². The second-order valence-corrected chi connectivity index (χ2v) is 4.27. The molecule has 0 heterocycles. The summed E-state index contributed by atoms with van der Waals surface area (Å²) < 4.78 is 26.7. The van der Waals surface area contributed by atoms with E-state index in [4.69, 9.17) is 5.11 Å². The summed E-state index contributed by atoms with van der Waals surface area (Å²) >= 11 is 0. The highest BCUT2D eigenvalue weighted by atomic mass is 19.1. The molecular weight excluding hydrogens is 240 g/mol. The summed E-state index contributed by atoms with van der Waals surface area (Å²) in [4.78, 5) is 12.6. The molecule has 1 aromatic carbocycles. The van der Waals surface area contributed by atoms with Gasteiger partial charge < -0.3 is 5.11 Å². The van der Waals surface area contributed by atoms with Crippen molar-refractivity contribution in [1.82, 2.24) is 4.90 Å². The molecule has 5 heteroatoms. The van der Waals surface area contributed by atoms with Gasteiger partial charge in [0, 0.05) is 11.6 Å². The molecule has 100 valence electrons. The van der Waals surface area contributed by atoms with Gasteiger partial charge in [0.15, 0.2) is 0 Å². The lowest BCUT2D eigenvalue weighted by molar-refractivity contribution is -0.143. The van der Waals surface area contributed by atoms with Crippen LogP contribution in [0.5, 0.6) is 0 Å². The molecule has 3 nitrogen and oxygen atoms in total. The molecule has 0 aliphatic rings. The molecular formula is C13H17F2NO2. The number of rotatable bonds is 5. The van der Waals surface area contributed by atoms with Gasteiger partial charge >= 0.3 is 5.97 Å². The van der Waals surface area contributed by atoms with Crippen molar-refractivity contribution in [3.63, 3.8) is 0 Å². The number of likely N-dealkylation sites (N-methyl/N-ethyl adjacent to an activating group) is 1. The van der Waals surface area contributed by atoms with Crippen LogP contribution in [-0.4, -0.2) is 29.1 Å². The van der Waals surface area contributed by atoms with Crippen LogP contribution in [0, 0.1) is 11.6 Å². The number of nitrogens with zero attached hydrogens (tertiary/aromatic N) is 1. The van der Waals surface area contributed by atoms with Crippen molar-refractivity contribution in [2.45, 2.75) is 32.4 Å². The lowest BCUT2D eigenvalue weighted by atomic mass is 10.0. The van der Waals surface area contributed by atoms with Crippen molar-refractivity contribution < 1.29 is 18.7 Å². The first-order valence-electron chi connectivity index (χ1n) is 5.78. The maximum absolute atomic E-state index is 13.6. The summed E-state index contributed by atoms with van der Waals surface area (Å²) in [6.07, 6.45) is 0.396. The molecule has 2 unspecified atom stereocenters. The van der Waals surface area contributed by atoms with Crippen LogP contribution in [0.3, 0.4) is 0 Å². The smallest absolute Gasteiger partial charge is 0.320 e. The van der Waals surface area contributed by atoms with Crippen molar-refractivity contribution in [3.8, 4) is 0 Å². The normalized spacial score (nSPS) is 14.6. The molecule has 18 heavy (non-hydrogen) atoms. The highest BCUT2D eigenvalue weighted by molar-refractivity contribution is 5.73. The van der Waals surface area contributed by atoms with Crippen LogP contribution in [0.1, 0.15) is 31.9 Å². The maximum Gasteiger partial charge on any atom is 0.320 e. The Bertz CT molecular complexity index is 437. The van der Waals surface area contributed by atoms with Gasteiger partial charge in [-0.25, -0.2) is 8.78 Å². The highest BCUT2D eigenvalue weighted by Gasteiger charge is 2.26. The van der Waals surface area contributed by atoms with Crippen LogP contribution in [-0.2, 0) is 4.79 Å². The van der Waals surface area contributed by atoms with Gasteiger partial charge in [-0.3, -0.25) is 9.69 Å². The SMILES string of the molecule is CCC(C(=O)O)N(C)C(C)c1cc(F)ccc1F. The Morgan fingerprint density at radius 1 is 1.44 bits per heavy atom. The maximum atomic E-state index is 13.6. The fraction of sp³-hybridized carbons (Fsp3) is 0.462. The predicted octanol–water partition coefficient (Wildman–Crippen LogP) is 2.82. The zero-order valence-corrected chi connectivity index (χ0v) is 10.7. The second kappa shape index (κ2) is 5.91. The summed E-state index contributed by atoms with van der Waals surface area (Å²) in [6.45, 7) is 3.40. The number of carboxylic acid groups (broad SMARTS) is 1. The number of hydrogen-bond acceptors (Lipinski definition) is 2. The first-order valence-corrected chi connectivity index (χ1v) is 5.78. The molecule has 1 rings (SSSR count). The van der Waals surface area contributed by atoms with E-state index in [9.17, 15) is 13.6 Å². The van der Waals surface area contributed by atoms with Gasteiger partial charge in [-0.2, -0.15) is 0 Å². The first-order chi connectivity index (χ1) is 8.38. The Balaban J connectivity index is 3.02. The number of hydrogen-bond donors (Lipinski definition) is 1. The molecule has 0 saturated carbocycles. The fourth-order valence-electron chi connectivity index (χ4n) is 1.96. The van der Waals surface area contributed by atoms with E-state index < -0.39 is 29.7 Å². The van der Waals surface area contributed by atoms with Crippen molar-refractivity contribution >= 4 is 5.97 Å². The van der Waals surface area contributed by atoms with Gasteiger partial charge in [-0.05, 0) is 38.6 Å². The molecule has 2 atom stereocenters. The number of benzene rings is 1. The first kappa shape index (κ1) is 14.6. The minimum absolute atomic E-state index is 0.164. The van der Waals surface area contributed by atoms with Gasteiger partial charge in [0.05, 0.1) is 0 Å². The van der Waals surface area contributed by atoms with Gasteiger partial charge in [-0.1, -0.05) is 6.92 Å². The van der Waals surface area contributed by atoms with Crippen LogP contribution >= 0.6 is 0 Å². The van der Waals surface area contributed by atoms with Crippen molar-refractivity contribution in [2.24, 2.45) is 0 Å². The van der Waals surface area contributed by atoms with Crippen LogP contribution in [0.4, 0.5) is 8.78 Å². The third-order valence-corrected chi connectivity index (χ3v) is 3.18. The lowest BCUT2D eigenvalue weighted by Crippen LogP contribution is -2.39. The molecule has 0 fully saturated rings. The summed E-state index contributed by atoms with van der Waals surface area (Å²) in [5.41, 5.74) is 0.164. The Labute approximate surface area is 105 Å². The topological polar surface area (TPSA) is 40.5 Å². The quantitative estimate of drug-likeness (QED) is 0.881. The van der Waals surface area contributed by atoms with Gasteiger partial charge in [0.1, 0.15) is 17.7 Å². The third-order valence-electron chi connectivity index (χ3n) is 3.18. The average Bonchev–Trinajstić information content (AvgIpc) is 2.31. The molecule has 0 amide bonds. The molecule has 0 radical (unpaired) electrons. The number of aliphatic carboxylic acids is 1. The molecule has 0 saturated heterocycles. The van der Waals surface area contributed by atoms with E-state index in [1.807, 2.05) is 0 Å². The second-order valence-electron chi connectivity index (χ2n) is 4.27. The summed E-state index contributed by atoms with van der Waals surface area (Å²) in [7, 11) is 1.59. The predicted molar refractivity (Wildman–Crippen MR) is 64.3 cm³/mol. The standard InChI is InChI=1S/C13H17F2NO2/c1-4-12(13(17)18)16(3)8(2)10-7-9(14)5-6-11(10)15/h5-8,12H,4H2,1-3H3,(H,17,18). The minimum atomic E-state index is -0.969. The minimum Gasteiger partial charge on any atom is -0.480 e. The lowest BCUT2D eigenvalue weighted by Gasteiger charge is -2.30. The summed E-state index contributed by atoms with van der Waals surface area (Å²) in [5.74, 6) is -2.03. The largest absolute Gasteiger partial charge is 0.480 e. The van der Waals surface area contributed by atoms with Gasteiger partial charge in [0.2, 0.25) is 0 Å². The van der Waals surface area contributed by atoms with E-state index in [0.717, 1.165) is 18.2 Å². The molecule has 1 aromatic rings. The molecule has 0 bridgehead atoms. The zero-order valence-electron chi connectivity index (χ0n) is 10.7. The number of carbonyl (C=O) groups is 1. The molecule has 0 aliphatic carbocycles. The van der Waals surface area contributed by atoms with Gasteiger partial charge in [0.25, 0.3) is 0 Å². The van der Waals surface area contributed by atoms with Crippen LogP contribution in [0.2, 0.25) is 0 Å². The Morgan fingerprint density at radius 3 is 2.56 bits per heavy atom. The Kier molecular flexibility index (Phi) is 4.78. The monoisotopic (exact) mass is 257 g/mol. The summed E-state index contributed by atoms with van der Waals surface area (Å²) in [5, 5.41) is 9.05. The summed E-state index contributed by atoms with van der Waals surface area (Å²) in [6, 6.07) is 1.96. The molecule has 1 N–H and O–H groups in total. The van der Waals surface area contributed by atoms with E-state index >= 15 is 0 Å². The molecule has 0 spiro atoms. The molecule has 0 aliphatic heterocycles. The number of halogens is 2. The van der Waals surface area contributed by atoms with Gasteiger partial charge in [-0.15, -0.1) is 0 Å². The third kappa shape index (κ3) is 3.04. The van der Waals surface area contributed by atoms with E-state index in [1.54, 1.807) is 20.9 Å². The van der Waals surface area contributed by atoms with E-state index in [2.05, 4.69) is 0 Å². The van der Waals surface area contributed by atoms with E-state index in [-0.39, 0.29) is 5.56 Å². The van der Waals surface area contributed by atoms with Crippen molar-refractivity contribution in [2.75, 3.05) is 7.05 Å². The van der Waals surface area contributed by atoms with Crippen LogP contribution in [0.15, 0.2) is 18.2 Å². The fourth-order valence-corrected chi connectivity index (χ4v) is 1.96. The Hall–Kier alpha value is -1.49. The van der Waals surface area contributed by atoms with E-state index in [0.29, 0.717) is 6.42 Å². The van der Waals surface area contributed by atoms with Crippen molar-refractivity contribution in [1.29, 1.82) is 0 Å². The van der Waals surface area contributed by atoms with Crippen LogP contribution in [0.25, 0.3) is 0 Å².